The summed E-state index contributed by atoms with van der Waals surface area (Å²) in [6.07, 6.45) is 2.52. The van der Waals surface area contributed by atoms with E-state index in [1.165, 1.54) is 21.3 Å². The van der Waals surface area contributed by atoms with Gasteiger partial charge in [-0.3, -0.25) is 13.9 Å². The van der Waals surface area contributed by atoms with Gasteiger partial charge in [-0.2, -0.15) is 0 Å². The zero-order chi connectivity index (χ0) is 32.9. The number of anilines is 1. The van der Waals surface area contributed by atoms with Gasteiger partial charge in [0.2, 0.25) is 11.8 Å². The van der Waals surface area contributed by atoms with Crippen LogP contribution in [0.25, 0.3) is 0 Å². The van der Waals surface area contributed by atoms with E-state index in [1.807, 2.05) is 80.6 Å². The van der Waals surface area contributed by atoms with Crippen LogP contribution in [0.1, 0.15) is 43.4 Å². The number of para-hydroxylation sites is 1. The quantitative estimate of drug-likeness (QED) is 0.151. The van der Waals surface area contributed by atoms with Crippen LogP contribution in [0.5, 0.6) is 5.75 Å². The molecule has 242 valence electrons. The van der Waals surface area contributed by atoms with Crippen molar-refractivity contribution in [2.75, 3.05) is 24.5 Å². The van der Waals surface area contributed by atoms with Crippen LogP contribution in [0.2, 0.25) is 0 Å². The third-order valence-corrected chi connectivity index (χ3v) is 9.61. The number of unbranched alkanes of at least 4 members (excludes halogenated alkanes) is 1. The molecular formula is C37H43N3O5S. The molecular weight excluding hydrogens is 598 g/mol. The number of hydrogen-bond donors (Lipinski definition) is 1. The van der Waals surface area contributed by atoms with Gasteiger partial charge in [-0.1, -0.05) is 99.1 Å². The molecule has 0 radical (unpaired) electrons. The fraction of sp³-hybridized carbons (Fsp3) is 0.297. The van der Waals surface area contributed by atoms with E-state index in [9.17, 15) is 18.0 Å². The molecule has 0 aliphatic rings. The Labute approximate surface area is 273 Å². The predicted molar refractivity (Wildman–Crippen MR) is 182 cm³/mol. The van der Waals surface area contributed by atoms with Gasteiger partial charge >= 0.3 is 0 Å². The molecule has 4 aromatic carbocycles. The highest BCUT2D eigenvalue weighted by atomic mass is 32.2. The fourth-order valence-corrected chi connectivity index (χ4v) is 6.79. The molecule has 0 bridgehead atoms. The average molecular weight is 642 g/mol. The second-order valence-corrected chi connectivity index (χ2v) is 12.9. The van der Waals surface area contributed by atoms with E-state index in [2.05, 4.69) is 5.32 Å². The third-order valence-electron chi connectivity index (χ3n) is 7.84. The van der Waals surface area contributed by atoms with Crippen LogP contribution < -0.4 is 14.4 Å². The first-order chi connectivity index (χ1) is 22.3. The topological polar surface area (TPSA) is 96.0 Å². The summed E-state index contributed by atoms with van der Waals surface area (Å²) < 4.78 is 35.1. The largest absolute Gasteiger partial charge is 0.497 e. The van der Waals surface area contributed by atoms with Gasteiger partial charge in [0.05, 0.1) is 17.7 Å². The molecule has 0 fully saturated rings. The van der Waals surface area contributed by atoms with E-state index in [1.54, 1.807) is 37.4 Å². The van der Waals surface area contributed by atoms with Gasteiger partial charge in [-0.05, 0) is 59.9 Å². The molecule has 1 atom stereocenters. The number of nitrogens with zero attached hydrogens (tertiary/aromatic N) is 2. The summed E-state index contributed by atoms with van der Waals surface area (Å²) in [5.74, 6) is -0.179. The molecule has 0 saturated heterocycles. The van der Waals surface area contributed by atoms with Crippen LogP contribution in [0.3, 0.4) is 0 Å². The first-order valence-electron chi connectivity index (χ1n) is 15.7. The van der Waals surface area contributed by atoms with Crippen molar-refractivity contribution in [1.29, 1.82) is 0 Å². The van der Waals surface area contributed by atoms with Crippen LogP contribution in [0.4, 0.5) is 5.69 Å². The number of sulfonamides is 1. The summed E-state index contributed by atoms with van der Waals surface area (Å²) in [6, 6.07) is 31.2. The molecule has 8 nitrogen and oxygen atoms in total. The number of carbonyl (C=O) groups is 2. The summed E-state index contributed by atoms with van der Waals surface area (Å²) in [5.41, 5.74) is 2.84. The molecule has 0 aliphatic carbocycles. The fourth-order valence-electron chi connectivity index (χ4n) is 5.31. The van der Waals surface area contributed by atoms with E-state index < -0.39 is 28.5 Å². The van der Waals surface area contributed by atoms with Crippen LogP contribution in [0, 0.1) is 0 Å². The van der Waals surface area contributed by atoms with Crippen LogP contribution in [-0.4, -0.2) is 51.4 Å². The lowest BCUT2D eigenvalue weighted by atomic mass is 10.0. The first-order valence-corrected chi connectivity index (χ1v) is 17.1. The molecule has 0 aromatic heterocycles. The molecule has 46 heavy (non-hydrogen) atoms. The highest BCUT2D eigenvalue weighted by Crippen LogP contribution is 2.28. The number of nitrogens with one attached hydrogen (secondary N) is 1. The monoisotopic (exact) mass is 641 g/mol. The van der Waals surface area contributed by atoms with E-state index in [4.69, 9.17) is 4.74 Å². The van der Waals surface area contributed by atoms with Crippen LogP contribution in [0.15, 0.2) is 114 Å². The summed E-state index contributed by atoms with van der Waals surface area (Å²) in [7, 11) is -2.59. The Morgan fingerprint density at radius 1 is 0.826 bits per heavy atom. The molecule has 0 heterocycles. The molecule has 9 heteroatoms. The number of aryl methyl sites for hydroxylation is 1. The highest BCUT2D eigenvalue weighted by Gasteiger charge is 2.35. The number of hydrogen-bond acceptors (Lipinski definition) is 5. The van der Waals surface area contributed by atoms with Crippen molar-refractivity contribution >= 4 is 27.5 Å². The number of carbonyl (C=O) groups excluding carboxylic acids is 2. The summed E-state index contributed by atoms with van der Waals surface area (Å²) in [5, 5.41) is 3.02. The number of benzene rings is 4. The summed E-state index contributed by atoms with van der Waals surface area (Å²) in [6.45, 7) is 4.04. The van der Waals surface area contributed by atoms with Gasteiger partial charge in [0.25, 0.3) is 10.0 Å². The minimum atomic E-state index is -4.16. The van der Waals surface area contributed by atoms with Crippen molar-refractivity contribution in [1.82, 2.24) is 10.2 Å². The molecule has 0 unspecified atom stereocenters. The van der Waals surface area contributed by atoms with E-state index in [0.717, 1.165) is 29.5 Å². The maximum Gasteiger partial charge on any atom is 0.264 e. The van der Waals surface area contributed by atoms with Crippen molar-refractivity contribution in [3.8, 4) is 5.75 Å². The normalized spacial score (nSPS) is 11.8. The average Bonchev–Trinajstić information content (AvgIpc) is 3.09. The van der Waals surface area contributed by atoms with Gasteiger partial charge in [0, 0.05) is 19.5 Å². The van der Waals surface area contributed by atoms with E-state index >= 15 is 0 Å². The predicted octanol–water partition coefficient (Wildman–Crippen LogP) is 6.01. The van der Waals surface area contributed by atoms with Crippen molar-refractivity contribution in [2.45, 2.75) is 57.0 Å². The summed E-state index contributed by atoms with van der Waals surface area (Å²) in [4.78, 5) is 30.1. The molecule has 4 aromatic rings. The van der Waals surface area contributed by atoms with Crippen molar-refractivity contribution in [3.05, 3.63) is 126 Å². The SMILES string of the molecule is CCCCNC(=O)[C@@H](Cc1ccccc1)N(Cc1cccc(OC)c1)C(=O)CN(c1ccccc1CC)S(=O)(=O)c1ccccc1. The first kappa shape index (κ1) is 34.2. The molecule has 2 amide bonds. The van der Waals surface area contributed by atoms with Crippen molar-refractivity contribution in [2.24, 2.45) is 0 Å². The van der Waals surface area contributed by atoms with Gasteiger partial charge in [-0.15, -0.1) is 0 Å². The zero-order valence-electron chi connectivity index (χ0n) is 26.8. The van der Waals surface area contributed by atoms with Crippen LogP contribution in [-0.2, 0) is 39.0 Å². The maximum atomic E-state index is 14.6. The second kappa shape index (κ2) is 16.6. The molecule has 4 rings (SSSR count). The van der Waals surface area contributed by atoms with E-state index in [0.29, 0.717) is 24.4 Å². The van der Waals surface area contributed by atoms with Crippen molar-refractivity contribution < 1.29 is 22.7 Å². The Morgan fingerprint density at radius 3 is 2.15 bits per heavy atom. The second-order valence-electron chi connectivity index (χ2n) is 11.0. The smallest absolute Gasteiger partial charge is 0.264 e. The van der Waals surface area contributed by atoms with Crippen molar-refractivity contribution in [3.63, 3.8) is 0 Å². The Morgan fingerprint density at radius 2 is 1.48 bits per heavy atom. The maximum absolute atomic E-state index is 14.6. The molecule has 0 aliphatic heterocycles. The minimum Gasteiger partial charge on any atom is -0.497 e. The number of amides is 2. The lowest BCUT2D eigenvalue weighted by Crippen LogP contribution is -2.53. The van der Waals surface area contributed by atoms with Crippen LogP contribution >= 0.6 is 0 Å². The number of methoxy groups -OCH3 is 1. The Bertz CT molecular complexity index is 1680. The standard InChI is InChI=1S/C37H43N3O5S/c1-4-6-24-38-37(42)35(26-29-16-9-7-10-17-29)39(27-30-18-15-20-32(25-30)45-3)36(41)28-40(34-23-14-13-19-31(34)5-2)46(43,44)33-21-11-8-12-22-33/h7-23,25,35H,4-6,24,26-28H2,1-3H3,(H,38,42)/t35-/m1/s1. The Hall–Kier alpha value is -4.63. The van der Waals surface area contributed by atoms with Gasteiger partial charge in [-0.25, -0.2) is 8.42 Å². The highest BCUT2D eigenvalue weighted by molar-refractivity contribution is 7.92. The van der Waals surface area contributed by atoms with Gasteiger partial charge in [0.15, 0.2) is 0 Å². The Kier molecular flexibility index (Phi) is 12.4. The lowest BCUT2D eigenvalue weighted by Gasteiger charge is -2.34. The lowest BCUT2D eigenvalue weighted by molar-refractivity contribution is -0.140. The minimum absolute atomic E-state index is 0.0728. The summed E-state index contributed by atoms with van der Waals surface area (Å²) >= 11 is 0. The molecule has 1 N–H and O–H groups in total. The third kappa shape index (κ3) is 8.75. The zero-order valence-corrected chi connectivity index (χ0v) is 27.6. The van der Waals surface area contributed by atoms with E-state index in [-0.39, 0.29) is 23.8 Å². The Balaban J connectivity index is 1.82. The number of ether oxygens (including phenoxy) is 1. The van der Waals surface area contributed by atoms with Gasteiger partial charge < -0.3 is 15.0 Å². The molecule has 0 saturated carbocycles. The van der Waals surface area contributed by atoms with Gasteiger partial charge in [0.1, 0.15) is 18.3 Å². The molecule has 0 spiro atoms. The number of rotatable bonds is 16.